The van der Waals surface area contributed by atoms with E-state index in [1.165, 1.54) is 5.56 Å². The van der Waals surface area contributed by atoms with Gasteiger partial charge in [-0.3, -0.25) is 9.59 Å². The van der Waals surface area contributed by atoms with Crippen molar-refractivity contribution in [2.45, 2.75) is 50.1 Å². The number of nitrogens with zero attached hydrogens (tertiary/aromatic N) is 2. The van der Waals surface area contributed by atoms with E-state index in [1.807, 2.05) is 23.1 Å². The number of likely N-dealkylation sites (tertiary alicyclic amines) is 1. The minimum Gasteiger partial charge on any atom is -0.360 e. The first-order valence-electron chi connectivity index (χ1n) is 9.25. The lowest BCUT2D eigenvalue weighted by atomic mass is 9.92. The Hall–Kier alpha value is -2.63. The zero-order valence-corrected chi connectivity index (χ0v) is 14.6. The molecule has 2 amide bonds. The van der Waals surface area contributed by atoms with Crippen molar-refractivity contribution in [3.05, 3.63) is 53.4 Å². The van der Waals surface area contributed by atoms with Crippen molar-refractivity contribution in [3.63, 3.8) is 0 Å². The highest BCUT2D eigenvalue weighted by molar-refractivity contribution is 5.92. The molecule has 26 heavy (non-hydrogen) atoms. The molecule has 0 radical (unpaired) electrons. The predicted octanol–water partition coefficient (Wildman–Crippen LogP) is 2.51. The summed E-state index contributed by atoms with van der Waals surface area (Å²) in [5, 5.41) is 6.97. The van der Waals surface area contributed by atoms with Gasteiger partial charge in [0.05, 0.1) is 0 Å². The second kappa shape index (κ2) is 7.32. The van der Waals surface area contributed by atoms with Gasteiger partial charge in [-0.2, -0.15) is 0 Å². The average Bonchev–Trinajstić information content (AvgIpc) is 3.39. The summed E-state index contributed by atoms with van der Waals surface area (Å²) >= 11 is 0. The van der Waals surface area contributed by atoms with Crippen molar-refractivity contribution in [2.75, 3.05) is 6.54 Å². The van der Waals surface area contributed by atoms with Gasteiger partial charge in [0, 0.05) is 30.6 Å². The molecule has 2 aliphatic rings. The van der Waals surface area contributed by atoms with Crippen molar-refractivity contribution in [2.24, 2.45) is 0 Å². The Labute approximate surface area is 152 Å². The van der Waals surface area contributed by atoms with Crippen molar-refractivity contribution in [3.8, 4) is 0 Å². The molecule has 2 unspecified atom stereocenters. The van der Waals surface area contributed by atoms with E-state index in [9.17, 15) is 9.59 Å². The van der Waals surface area contributed by atoms with Crippen LogP contribution < -0.4 is 5.32 Å². The molecule has 4 rings (SSSR count). The molecule has 0 spiro atoms. The van der Waals surface area contributed by atoms with Crippen LogP contribution in [0.15, 0.2) is 40.9 Å². The lowest BCUT2D eigenvalue weighted by Gasteiger charge is -2.37. The number of hydrogen-bond acceptors (Lipinski definition) is 4. The topological polar surface area (TPSA) is 75.4 Å². The Morgan fingerprint density at radius 3 is 2.81 bits per heavy atom. The van der Waals surface area contributed by atoms with Crippen molar-refractivity contribution in [1.29, 1.82) is 0 Å². The quantitative estimate of drug-likeness (QED) is 0.810. The molecule has 6 nitrogen and oxygen atoms in total. The predicted molar refractivity (Wildman–Crippen MR) is 95.7 cm³/mol. The summed E-state index contributed by atoms with van der Waals surface area (Å²) in [5.74, 6) is 1.06. The summed E-state index contributed by atoms with van der Waals surface area (Å²) in [5.41, 5.74) is 1.55. The SMILES string of the molecule is O=CN1CCC(NC(=O)c2cc(C3CC3)on2)CC1Cc1ccccc1. The highest BCUT2D eigenvalue weighted by atomic mass is 16.5. The van der Waals surface area contributed by atoms with E-state index >= 15 is 0 Å². The maximum absolute atomic E-state index is 12.5. The highest BCUT2D eigenvalue weighted by Gasteiger charge is 2.31. The molecule has 1 aliphatic heterocycles. The van der Waals surface area contributed by atoms with Gasteiger partial charge in [0.2, 0.25) is 6.41 Å². The number of carbonyl (C=O) groups is 2. The second-order valence-corrected chi connectivity index (χ2v) is 7.27. The molecule has 2 atom stereocenters. The largest absolute Gasteiger partial charge is 0.360 e. The van der Waals surface area contributed by atoms with E-state index in [-0.39, 0.29) is 18.0 Å². The van der Waals surface area contributed by atoms with Crippen molar-refractivity contribution < 1.29 is 14.1 Å². The van der Waals surface area contributed by atoms with Gasteiger partial charge in [-0.25, -0.2) is 0 Å². The summed E-state index contributed by atoms with van der Waals surface area (Å²) in [4.78, 5) is 25.7. The minimum atomic E-state index is -0.191. The van der Waals surface area contributed by atoms with Crippen LogP contribution in [0.5, 0.6) is 0 Å². The van der Waals surface area contributed by atoms with Crippen LogP contribution in [0.3, 0.4) is 0 Å². The zero-order chi connectivity index (χ0) is 17.9. The van der Waals surface area contributed by atoms with Crippen LogP contribution in [0, 0.1) is 0 Å². The molecule has 1 aromatic heterocycles. The summed E-state index contributed by atoms with van der Waals surface area (Å²) in [7, 11) is 0. The van der Waals surface area contributed by atoms with E-state index in [0.717, 1.165) is 44.3 Å². The molecule has 0 bridgehead atoms. The molecule has 1 saturated heterocycles. The maximum atomic E-state index is 12.5. The van der Waals surface area contributed by atoms with E-state index in [1.54, 1.807) is 6.07 Å². The zero-order valence-electron chi connectivity index (χ0n) is 14.6. The van der Waals surface area contributed by atoms with Gasteiger partial charge in [-0.15, -0.1) is 0 Å². The number of nitrogens with one attached hydrogen (secondary N) is 1. The lowest BCUT2D eigenvalue weighted by Crippen LogP contribution is -2.50. The minimum absolute atomic E-state index is 0.0356. The van der Waals surface area contributed by atoms with Crippen LogP contribution in [0.1, 0.15) is 53.4 Å². The van der Waals surface area contributed by atoms with Crippen LogP contribution in [0.2, 0.25) is 0 Å². The third-order valence-corrected chi connectivity index (χ3v) is 5.29. The van der Waals surface area contributed by atoms with Crippen LogP contribution in [-0.4, -0.2) is 41.0 Å². The van der Waals surface area contributed by atoms with Gasteiger partial charge < -0.3 is 14.7 Å². The van der Waals surface area contributed by atoms with Crippen LogP contribution >= 0.6 is 0 Å². The van der Waals surface area contributed by atoms with Crippen molar-refractivity contribution >= 4 is 12.3 Å². The monoisotopic (exact) mass is 353 g/mol. The lowest BCUT2D eigenvalue weighted by molar-refractivity contribution is -0.121. The summed E-state index contributed by atoms with van der Waals surface area (Å²) in [6, 6.07) is 12.0. The number of rotatable bonds is 6. The molecule has 2 fully saturated rings. The van der Waals surface area contributed by atoms with Gasteiger partial charge in [0.15, 0.2) is 5.69 Å². The average molecular weight is 353 g/mol. The fourth-order valence-corrected chi connectivity index (χ4v) is 3.64. The van der Waals surface area contributed by atoms with Gasteiger partial charge in [0.25, 0.3) is 5.91 Å². The number of benzene rings is 1. The van der Waals surface area contributed by atoms with E-state index < -0.39 is 0 Å². The molecule has 136 valence electrons. The standard InChI is InChI=1S/C20H23N3O3/c24-13-23-9-8-16(11-17(23)10-14-4-2-1-3-5-14)21-20(25)18-12-19(26-22-18)15-6-7-15/h1-5,12-13,15-17H,6-11H2,(H,21,25). The normalized spacial score (nSPS) is 22.8. The molecule has 1 saturated carbocycles. The van der Waals surface area contributed by atoms with Gasteiger partial charge in [0.1, 0.15) is 5.76 Å². The number of hydrogen-bond donors (Lipinski definition) is 1. The molecule has 6 heteroatoms. The molecule has 1 aliphatic carbocycles. The Bertz CT molecular complexity index is 770. The van der Waals surface area contributed by atoms with E-state index in [4.69, 9.17) is 4.52 Å². The second-order valence-electron chi connectivity index (χ2n) is 7.27. The summed E-state index contributed by atoms with van der Waals surface area (Å²) in [6.45, 7) is 0.651. The first-order chi connectivity index (χ1) is 12.7. The number of piperidine rings is 1. The first kappa shape index (κ1) is 16.8. The van der Waals surface area contributed by atoms with E-state index in [0.29, 0.717) is 18.2 Å². The summed E-state index contributed by atoms with van der Waals surface area (Å²) < 4.78 is 5.27. The molecular weight excluding hydrogens is 330 g/mol. The highest BCUT2D eigenvalue weighted by Crippen LogP contribution is 2.40. The Balaban J connectivity index is 1.38. The number of carbonyl (C=O) groups excluding carboxylic acids is 2. The van der Waals surface area contributed by atoms with Crippen molar-refractivity contribution in [1.82, 2.24) is 15.4 Å². The van der Waals surface area contributed by atoms with Crippen LogP contribution in [-0.2, 0) is 11.2 Å². The molecule has 2 aromatic rings. The maximum Gasteiger partial charge on any atom is 0.273 e. The van der Waals surface area contributed by atoms with Crippen LogP contribution in [0.4, 0.5) is 0 Å². The number of amides is 2. The number of aromatic nitrogens is 1. The van der Waals surface area contributed by atoms with Crippen LogP contribution in [0.25, 0.3) is 0 Å². The molecule has 1 aromatic carbocycles. The Kier molecular flexibility index (Phi) is 4.73. The van der Waals surface area contributed by atoms with E-state index in [2.05, 4.69) is 22.6 Å². The van der Waals surface area contributed by atoms with Gasteiger partial charge >= 0.3 is 0 Å². The Morgan fingerprint density at radius 1 is 1.27 bits per heavy atom. The molecule has 2 heterocycles. The third kappa shape index (κ3) is 3.79. The summed E-state index contributed by atoms with van der Waals surface area (Å²) in [6.07, 6.45) is 5.44. The third-order valence-electron chi connectivity index (χ3n) is 5.29. The van der Waals surface area contributed by atoms with Gasteiger partial charge in [-0.1, -0.05) is 35.5 Å². The fraction of sp³-hybridized carbons (Fsp3) is 0.450. The van der Waals surface area contributed by atoms with Gasteiger partial charge in [-0.05, 0) is 37.7 Å². The fourth-order valence-electron chi connectivity index (χ4n) is 3.64. The smallest absolute Gasteiger partial charge is 0.273 e. The first-order valence-corrected chi connectivity index (χ1v) is 9.25. The Morgan fingerprint density at radius 2 is 2.08 bits per heavy atom. The molecular formula is C20H23N3O3. The molecule has 1 N–H and O–H groups in total.